The third-order valence-corrected chi connectivity index (χ3v) is 5.24. The van der Waals surface area contributed by atoms with Gasteiger partial charge in [-0.15, -0.1) is 0 Å². The first kappa shape index (κ1) is 16.3. The van der Waals surface area contributed by atoms with E-state index in [0.717, 1.165) is 40.9 Å². The Hall–Kier alpha value is -2.17. The summed E-state index contributed by atoms with van der Waals surface area (Å²) in [6.45, 7) is 0.440. The second-order valence-electron chi connectivity index (χ2n) is 6.43. The summed E-state index contributed by atoms with van der Waals surface area (Å²) in [7, 11) is 1.67. The predicted molar refractivity (Wildman–Crippen MR) is 96.2 cm³/mol. The molecule has 1 saturated carbocycles. The standard InChI is InChI=1S/C20H18ClFN2O/c1-25-12-16-18(15-4-2-3-5-17(15)21)23-24-19(16)20(10-11-20)13-6-8-14(22)9-7-13/h2-9H,10-12H2,1H3,(H,23,24). The fourth-order valence-corrected chi connectivity index (χ4v) is 3.72. The molecule has 5 heteroatoms. The number of aromatic amines is 1. The Morgan fingerprint density at radius 2 is 1.88 bits per heavy atom. The van der Waals surface area contributed by atoms with E-state index in [9.17, 15) is 4.39 Å². The van der Waals surface area contributed by atoms with Crippen LogP contribution in [-0.4, -0.2) is 17.3 Å². The molecule has 0 atom stereocenters. The Morgan fingerprint density at radius 1 is 1.16 bits per heavy atom. The van der Waals surface area contributed by atoms with E-state index in [2.05, 4.69) is 10.2 Å². The number of hydrogen-bond acceptors (Lipinski definition) is 2. The van der Waals surface area contributed by atoms with Crippen molar-refractivity contribution in [2.75, 3.05) is 7.11 Å². The number of halogens is 2. The predicted octanol–water partition coefficient (Wildman–Crippen LogP) is 5.10. The van der Waals surface area contributed by atoms with Crippen molar-refractivity contribution in [2.24, 2.45) is 0 Å². The van der Waals surface area contributed by atoms with Crippen molar-refractivity contribution in [1.82, 2.24) is 10.2 Å². The number of ether oxygens (including phenoxy) is 1. The maximum Gasteiger partial charge on any atom is 0.123 e. The van der Waals surface area contributed by atoms with Gasteiger partial charge < -0.3 is 4.74 Å². The van der Waals surface area contributed by atoms with E-state index in [0.29, 0.717) is 11.6 Å². The van der Waals surface area contributed by atoms with E-state index in [4.69, 9.17) is 16.3 Å². The Balaban J connectivity index is 1.83. The highest BCUT2D eigenvalue weighted by molar-refractivity contribution is 6.33. The van der Waals surface area contributed by atoms with Crippen molar-refractivity contribution in [2.45, 2.75) is 24.9 Å². The lowest BCUT2D eigenvalue weighted by Crippen LogP contribution is -2.12. The zero-order chi connectivity index (χ0) is 17.4. The number of methoxy groups -OCH3 is 1. The highest BCUT2D eigenvalue weighted by atomic mass is 35.5. The molecule has 1 aliphatic carbocycles. The molecular weight excluding hydrogens is 339 g/mol. The number of hydrogen-bond donors (Lipinski definition) is 1. The second-order valence-corrected chi connectivity index (χ2v) is 6.83. The molecular formula is C20H18ClFN2O. The molecule has 0 amide bonds. The van der Waals surface area contributed by atoms with E-state index < -0.39 is 0 Å². The van der Waals surface area contributed by atoms with Crippen LogP contribution < -0.4 is 0 Å². The minimum atomic E-state index is -0.224. The smallest absolute Gasteiger partial charge is 0.123 e. The SMILES string of the molecule is COCc1c(-c2ccccc2Cl)n[nH]c1C1(c2ccc(F)cc2)CC1. The van der Waals surface area contributed by atoms with Gasteiger partial charge in [-0.05, 0) is 36.6 Å². The fourth-order valence-electron chi connectivity index (χ4n) is 3.50. The molecule has 2 aromatic carbocycles. The van der Waals surface area contributed by atoms with E-state index in [1.165, 1.54) is 12.1 Å². The number of rotatable bonds is 5. The minimum Gasteiger partial charge on any atom is -0.380 e. The molecule has 3 aromatic rings. The molecule has 1 aromatic heterocycles. The number of nitrogens with one attached hydrogen (secondary N) is 1. The number of H-pyrrole nitrogens is 1. The lowest BCUT2D eigenvalue weighted by atomic mass is 9.89. The van der Waals surface area contributed by atoms with Gasteiger partial charge in [0.2, 0.25) is 0 Å². The highest BCUT2D eigenvalue weighted by Gasteiger charge is 2.49. The van der Waals surface area contributed by atoms with Crippen LogP contribution in [-0.2, 0) is 16.8 Å². The van der Waals surface area contributed by atoms with E-state index in [-0.39, 0.29) is 11.2 Å². The minimum absolute atomic E-state index is 0.145. The average Bonchev–Trinajstić information content (AvgIpc) is 3.32. The lowest BCUT2D eigenvalue weighted by molar-refractivity contribution is 0.184. The van der Waals surface area contributed by atoms with Crippen LogP contribution in [0.5, 0.6) is 0 Å². The summed E-state index contributed by atoms with van der Waals surface area (Å²) < 4.78 is 18.8. The van der Waals surface area contributed by atoms with Crippen molar-refractivity contribution in [3.8, 4) is 11.3 Å². The van der Waals surface area contributed by atoms with Gasteiger partial charge in [0.1, 0.15) is 5.82 Å². The van der Waals surface area contributed by atoms with Crippen LogP contribution in [0.1, 0.15) is 29.7 Å². The van der Waals surface area contributed by atoms with Gasteiger partial charge in [-0.1, -0.05) is 41.9 Å². The molecule has 1 aliphatic rings. The van der Waals surface area contributed by atoms with Crippen molar-refractivity contribution < 1.29 is 9.13 Å². The largest absolute Gasteiger partial charge is 0.380 e. The monoisotopic (exact) mass is 356 g/mol. The van der Waals surface area contributed by atoms with E-state index in [1.807, 2.05) is 36.4 Å². The maximum absolute atomic E-state index is 13.3. The third-order valence-electron chi connectivity index (χ3n) is 4.91. The van der Waals surface area contributed by atoms with Crippen molar-refractivity contribution in [3.63, 3.8) is 0 Å². The molecule has 0 radical (unpaired) electrons. The summed E-state index contributed by atoms with van der Waals surface area (Å²) in [6.07, 6.45) is 2.00. The Kier molecular flexibility index (Phi) is 4.10. The molecule has 0 aliphatic heterocycles. The zero-order valence-corrected chi connectivity index (χ0v) is 14.6. The van der Waals surface area contributed by atoms with Gasteiger partial charge in [0.15, 0.2) is 0 Å². The molecule has 1 N–H and O–H groups in total. The molecule has 0 spiro atoms. The average molecular weight is 357 g/mol. The van der Waals surface area contributed by atoms with Gasteiger partial charge in [0.05, 0.1) is 23.0 Å². The summed E-state index contributed by atoms with van der Waals surface area (Å²) in [6, 6.07) is 14.4. The molecule has 0 unspecified atom stereocenters. The molecule has 0 saturated heterocycles. The van der Waals surface area contributed by atoms with Gasteiger partial charge in [0, 0.05) is 23.7 Å². The highest BCUT2D eigenvalue weighted by Crippen LogP contribution is 2.54. The van der Waals surface area contributed by atoms with Gasteiger partial charge in [-0.25, -0.2) is 4.39 Å². The number of nitrogens with zero attached hydrogens (tertiary/aromatic N) is 1. The molecule has 1 heterocycles. The summed E-state index contributed by atoms with van der Waals surface area (Å²) >= 11 is 6.37. The summed E-state index contributed by atoms with van der Waals surface area (Å²) in [4.78, 5) is 0. The molecule has 25 heavy (non-hydrogen) atoms. The van der Waals surface area contributed by atoms with Crippen LogP contribution in [0.25, 0.3) is 11.3 Å². The van der Waals surface area contributed by atoms with E-state index >= 15 is 0 Å². The first-order chi connectivity index (χ1) is 12.2. The third kappa shape index (κ3) is 2.75. The van der Waals surface area contributed by atoms with Gasteiger partial charge >= 0.3 is 0 Å². The van der Waals surface area contributed by atoms with Crippen molar-refractivity contribution in [1.29, 1.82) is 0 Å². The molecule has 128 valence electrons. The summed E-state index contributed by atoms with van der Waals surface area (Å²) in [5, 5.41) is 8.43. The summed E-state index contributed by atoms with van der Waals surface area (Å²) in [5.41, 5.74) is 4.70. The Labute approximate surface area is 150 Å². The van der Waals surface area contributed by atoms with Crippen LogP contribution >= 0.6 is 11.6 Å². The Morgan fingerprint density at radius 3 is 2.52 bits per heavy atom. The fraction of sp³-hybridized carbons (Fsp3) is 0.250. The molecule has 3 nitrogen and oxygen atoms in total. The van der Waals surface area contributed by atoms with Crippen LogP contribution in [0.2, 0.25) is 5.02 Å². The van der Waals surface area contributed by atoms with E-state index in [1.54, 1.807) is 7.11 Å². The molecule has 1 fully saturated rings. The first-order valence-electron chi connectivity index (χ1n) is 8.23. The lowest BCUT2D eigenvalue weighted by Gasteiger charge is -2.17. The maximum atomic E-state index is 13.3. The number of aromatic nitrogens is 2. The molecule has 4 rings (SSSR count). The van der Waals surface area contributed by atoms with Crippen LogP contribution in [0, 0.1) is 5.82 Å². The topological polar surface area (TPSA) is 37.9 Å². The Bertz CT molecular complexity index is 900. The van der Waals surface area contributed by atoms with Crippen LogP contribution in [0.3, 0.4) is 0 Å². The van der Waals surface area contributed by atoms with Gasteiger partial charge in [0.25, 0.3) is 0 Å². The molecule has 0 bridgehead atoms. The van der Waals surface area contributed by atoms with Crippen molar-refractivity contribution >= 4 is 11.6 Å². The van der Waals surface area contributed by atoms with Crippen LogP contribution in [0.4, 0.5) is 4.39 Å². The first-order valence-corrected chi connectivity index (χ1v) is 8.61. The quantitative estimate of drug-likeness (QED) is 0.691. The zero-order valence-electron chi connectivity index (χ0n) is 13.9. The van der Waals surface area contributed by atoms with Crippen LogP contribution in [0.15, 0.2) is 48.5 Å². The van der Waals surface area contributed by atoms with Gasteiger partial charge in [-0.3, -0.25) is 5.10 Å². The van der Waals surface area contributed by atoms with Crippen molar-refractivity contribution in [3.05, 3.63) is 76.2 Å². The normalized spacial score (nSPS) is 15.3. The second kappa shape index (κ2) is 6.28. The van der Waals surface area contributed by atoms with Gasteiger partial charge in [-0.2, -0.15) is 5.10 Å². The summed E-state index contributed by atoms with van der Waals surface area (Å²) in [5.74, 6) is -0.224. The number of benzene rings is 2.